The van der Waals surface area contributed by atoms with Crippen molar-refractivity contribution in [2.45, 2.75) is 38.8 Å². The summed E-state index contributed by atoms with van der Waals surface area (Å²) in [7, 11) is 0. The van der Waals surface area contributed by atoms with Gasteiger partial charge in [-0.2, -0.15) is 0 Å². The Labute approximate surface area is 110 Å². The lowest BCUT2D eigenvalue weighted by atomic mass is 9.87. The van der Waals surface area contributed by atoms with Gasteiger partial charge in [-0.1, -0.05) is 18.2 Å². The van der Waals surface area contributed by atoms with Crippen LogP contribution in [0, 0.1) is 17.8 Å². The van der Waals surface area contributed by atoms with Gasteiger partial charge in [0.15, 0.2) is 0 Å². The van der Waals surface area contributed by atoms with Gasteiger partial charge in [0.2, 0.25) is 0 Å². The highest BCUT2D eigenvalue weighted by atomic mass is 15.0. The molecule has 2 aliphatic carbocycles. The Morgan fingerprint density at radius 1 is 1.22 bits per heavy atom. The van der Waals surface area contributed by atoms with Crippen LogP contribution < -0.4 is 5.32 Å². The predicted octanol–water partition coefficient (Wildman–Crippen LogP) is 3.33. The van der Waals surface area contributed by atoms with E-state index in [1.807, 2.05) is 12.3 Å². The van der Waals surface area contributed by atoms with Crippen LogP contribution in [0.25, 0.3) is 0 Å². The van der Waals surface area contributed by atoms with Crippen molar-refractivity contribution >= 4 is 0 Å². The van der Waals surface area contributed by atoms with Gasteiger partial charge in [0, 0.05) is 18.3 Å². The minimum Gasteiger partial charge on any atom is -0.306 e. The van der Waals surface area contributed by atoms with E-state index in [1.54, 1.807) is 0 Å². The first-order valence-electron chi connectivity index (χ1n) is 7.09. The first-order valence-corrected chi connectivity index (χ1v) is 7.09. The fraction of sp³-hybridized carbons (Fsp3) is 0.562. The minimum atomic E-state index is 0.337. The van der Waals surface area contributed by atoms with E-state index >= 15 is 0 Å². The van der Waals surface area contributed by atoms with Crippen LogP contribution in [-0.4, -0.2) is 11.0 Å². The summed E-state index contributed by atoms with van der Waals surface area (Å²) in [6.07, 6.45) is 9.47. The van der Waals surface area contributed by atoms with Gasteiger partial charge in [-0.05, 0) is 56.6 Å². The molecule has 1 saturated carbocycles. The molecule has 0 aliphatic heterocycles. The summed E-state index contributed by atoms with van der Waals surface area (Å²) in [5.74, 6) is 2.48. The number of hydrogen-bond donors (Lipinski definition) is 1. The van der Waals surface area contributed by atoms with Gasteiger partial charge in [0.05, 0.1) is 5.69 Å². The topological polar surface area (TPSA) is 24.9 Å². The van der Waals surface area contributed by atoms with Gasteiger partial charge in [-0.3, -0.25) is 4.98 Å². The number of nitrogens with zero attached hydrogens (tertiary/aromatic N) is 1. The normalized spacial score (nSPS) is 32.7. The second-order valence-corrected chi connectivity index (χ2v) is 5.88. The highest BCUT2D eigenvalue weighted by molar-refractivity contribution is 5.13. The van der Waals surface area contributed by atoms with E-state index in [0.717, 1.165) is 23.4 Å². The van der Waals surface area contributed by atoms with Gasteiger partial charge in [-0.15, -0.1) is 0 Å². The summed E-state index contributed by atoms with van der Waals surface area (Å²) in [6.45, 7) is 4.54. The Balaban J connectivity index is 1.61. The molecule has 1 N–H and O–H groups in total. The molecule has 2 heteroatoms. The molecule has 0 spiro atoms. The number of pyridine rings is 1. The Kier molecular flexibility index (Phi) is 3.21. The second-order valence-electron chi connectivity index (χ2n) is 5.88. The van der Waals surface area contributed by atoms with E-state index in [2.05, 4.69) is 48.4 Å². The van der Waals surface area contributed by atoms with Gasteiger partial charge < -0.3 is 5.32 Å². The van der Waals surface area contributed by atoms with Gasteiger partial charge >= 0.3 is 0 Å². The number of allylic oxidation sites excluding steroid dienone is 2. The zero-order chi connectivity index (χ0) is 12.5. The first kappa shape index (κ1) is 11.9. The summed E-state index contributed by atoms with van der Waals surface area (Å²) in [6, 6.07) is 7.04. The fourth-order valence-electron chi connectivity index (χ4n) is 3.63. The fourth-order valence-corrected chi connectivity index (χ4v) is 3.63. The molecule has 0 amide bonds. The second kappa shape index (κ2) is 4.85. The average Bonchev–Trinajstić information content (AvgIpc) is 3.02. The molecule has 0 saturated heterocycles. The van der Waals surface area contributed by atoms with Crippen LogP contribution in [0.15, 0.2) is 36.5 Å². The summed E-state index contributed by atoms with van der Waals surface area (Å²) >= 11 is 0. The average molecular weight is 242 g/mol. The van der Waals surface area contributed by atoms with E-state index in [9.17, 15) is 0 Å². The molecule has 2 aliphatic rings. The maximum atomic E-state index is 4.43. The SMILES string of the molecule is CC(NC(C)C1CC2C=CC1C2)c1ccccn1. The van der Waals surface area contributed by atoms with E-state index < -0.39 is 0 Å². The highest BCUT2D eigenvalue weighted by Gasteiger charge is 2.38. The Morgan fingerprint density at radius 2 is 2.11 bits per heavy atom. The monoisotopic (exact) mass is 242 g/mol. The molecule has 1 heterocycles. The van der Waals surface area contributed by atoms with Crippen LogP contribution in [0.3, 0.4) is 0 Å². The number of fused-ring (bicyclic) bond motifs is 2. The first-order chi connectivity index (χ1) is 8.74. The molecule has 1 aromatic rings. The zero-order valence-corrected chi connectivity index (χ0v) is 11.2. The van der Waals surface area contributed by atoms with Crippen molar-refractivity contribution in [3.8, 4) is 0 Å². The maximum absolute atomic E-state index is 4.43. The number of nitrogens with one attached hydrogen (secondary N) is 1. The van der Waals surface area contributed by atoms with Crippen LogP contribution in [-0.2, 0) is 0 Å². The molecule has 3 rings (SSSR count). The lowest BCUT2D eigenvalue weighted by Gasteiger charge is -2.29. The molecule has 5 unspecified atom stereocenters. The van der Waals surface area contributed by atoms with Crippen molar-refractivity contribution in [1.82, 2.24) is 10.3 Å². The third-order valence-electron chi connectivity index (χ3n) is 4.62. The molecular weight excluding hydrogens is 220 g/mol. The number of aromatic nitrogens is 1. The van der Waals surface area contributed by atoms with Crippen molar-refractivity contribution in [3.63, 3.8) is 0 Å². The van der Waals surface area contributed by atoms with Crippen LogP contribution in [0.5, 0.6) is 0 Å². The molecular formula is C16H22N2. The van der Waals surface area contributed by atoms with E-state index in [1.165, 1.54) is 12.8 Å². The van der Waals surface area contributed by atoms with Crippen molar-refractivity contribution in [2.75, 3.05) is 0 Å². The molecule has 96 valence electrons. The maximum Gasteiger partial charge on any atom is 0.0570 e. The van der Waals surface area contributed by atoms with Crippen LogP contribution in [0.1, 0.15) is 38.4 Å². The summed E-state index contributed by atoms with van der Waals surface area (Å²) < 4.78 is 0. The van der Waals surface area contributed by atoms with Crippen molar-refractivity contribution in [3.05, 3.63) is 42.2 Å². The summed E-state index contributed by atoms with van der Waals surface area (Å²) in [4.78, 5) is 4.43. The molecule has 1 fully saturated rings. The molecule has 18 heavy (non-hydrogen) atoms. The molecule has 5 atom stereocenters. The third-order valence-corrected chi connectivity index (χ3v) is 4.62. The van der Waals surface area contributed by atoms with E-state index in [-0.39, 0.29) is 0 Å². The summed E-state index contributed by atoms with van der Waals surface area (Å²) in [5, 5.41) is 3.73. The van der Waals surface area contributed by atoms with Gasteiger partial charge in [0.1, 0.15) is 0 Å². The Hall–Kier alpha value is -1.15. The number of rotatable bonds is 4. The molecule has 1 aromatic heterocycles. The molecule has 0 radical (unpaired) electrons. The quantitative estimate of drug-likeness (QED) is 0.819. The standard InChI is InChI=1S/C16H22N2/c1-11(15-10-13-6-7-14(15)9-13)18-12(2)16-5-3-4-8-17-16/h3-8,11-15,18H,9-10H2,1-2H3. The lowest BCUT2D eigenvalue weighted by Crippen LogP contribution is -2.37. The van der Waals surface area contributed by atoms with Crippen molar-refractivity contribution in [1.29, 1.82) is 0 Å². The van der Waals surface area contributed by atoms with Gasteiger partial charge in [0.25, 0.3) is 0 Å². The van der Waals surface area contributed by atoms with E-state index in [4.69, 9.17) is 0 Å². The van der Waals surface area contributed by atoms with Crippen molar-refractivity contribution in [2.24, 2.45) is 17.8 Å². The Morgan fingerprint density at radius 3 is 2.72 bits per heavy atom. The lowest BCUT2D eigenvalue weighted by molar-refractivity contribution is 0.305. The highest BCUT2D eigenvalue weighted by Crippen LogP contribution is 2.45. The van der Waals surface area contributed by atoms with Crippen LogP contribution in [0.4, 0.5) is 0 Å². The predicted molar refractivity (Wildman–Crippen MR) is 74.1 cm³/mol. The third kappa shape index (κ3) is 2.22. The molecule has 2 nitrogen and oxygen atoms in total. The minimum absolute atomic E-state index is 0.337. The largest absolute Gasteiger partial charge is 0.306 e. The summed E-state index contributed by atoms with van der Waals surface area (Å²) in [5.41, 5.74) is 1.14. The molecule has 2 bridgehead atoms. The van der Waals surface area contributed by atoms with Crippen LogP contribution >= 0.6 is 0 Å². The Bertz CT molecular complexity index is 426. The van der Waals surface area contributed by atoms with Crippen LogP contribution in [0.2, 0.25) is 0 Å². The van der Waals surface area contributed by atoms with E-state index in [0.29, 0.717) is 12.1 Å². The molecule has 0 aromatic carbocycles. The van der Waals surface area contributed by atoms with Crippen molar-refractivity contribution < 1.29 is 0 Å². The smallest absolute Gasteiger partial charge is 0.0570 e. The number of hydrogen-bond acceptors (Lipinski definition) is 2. The van der Waals surface area contributed by atoms with Gasteiger partial charge in [-0.25, -0.2) is 0 Å². The zero-order valence-electron chi connectivity index (χ0n) is 11.2.